The largest absolute Gasteiger partial charge is 0.384 e. The van der Waals surface area contributed by atoms with Crippen molar-refractivity contribution in [2.24, 2.45) is 0 Å². The number of hydrogen-bond acceptors (Lipinski definition) is 3. The van der Waals surface area contributed by atoms with Gasteiger partial charge in [0.25, 0.3) is 5.91 Å². The van der Waals surface area contributed by atoms with E-state index in [-0.39, 0.29) is 11.7 Å². The van der Waals surface area contributed by atoms with Gasteiger partial charge < -0.3 is 20.2 Å². The summed E-state index contributed by atoms with van der Waals surface area (Å²) in [6.45, 7) is 3.14. The number of nitrogens with one attached hydrogen (secondary N) is 3. The molecule has 0 spiro atoms. The molecule has 144 valence electrons. The first-order valence-electron chi connectivity index (χ1n) is 9.96. The van der Waals surface area contributed by atoms with Gasteiger partial charge >= 0.3 is 0 Å². The quantitative estimate of drug-likeness (QED) is 0.457. The van der Waals surface area contributed by atoms with Crippen molar-refractivity contribution in [2.75, 3.05) is 23.3 Å². The molecule has 2 aliphatic rings. The Labute approximate surface area is 166 Å². The molecule has 0 fully saturated rings. The molecule has 4 aromatic rings. The van der Waals surface area contributed by atoms with Gasteiger partial charge in [-0.15, -0.1) is 0 Å². The zero-order valence-electron chi connectivity index (χ0n) is 16.1. The summed E-state index contributed by atoms with van der Waals surface area (Å²) in [5.74, 6) is 0.00214. The molecule has 0 radical (unpaired) electrons. The summed E-state index contributed by atoms with van der Waals surface area (Å²) in [5, 5.41) is 5.55. The molecule has 0 aliphatic carbocycles. The maximum atomic E-state index is 13.3. The lowest BCUT2D eigenvalue weighted by Crippen LogP contribution is -2.29. The summed E-state index contributed by atoms with van der Waals surface area (Å²) in [6.07, 6.45) is 1.77. The van der Waals surface area contributed by atoms with Crippen LogP contribution in [0.2, 0.25) is 0 Å². The van der Waals surface area contributed by atoms with Gasteiger partial charge in [-0.1, -0.05) is 0 Å². The van der Waals surface area contributed by atoms with Crippen LogP contribution in [0.25, 0.3) is 21.8 Å². The van der Waals surface area contributed by atoms with Gasteiger partial charge in [0.2, 0.25) is 0 Å². The van der Waals surface area contributed by atoms with E-state index in [1.165, 1.54) is 5.56 Å². The number of fused-ring (bicyclic) bond motifs is 6. The number of benzene rings is 2. The topological polar surface area (TPSA) is 81.0 Å². The number of carbonyl (C=O) groups is 2. The van der Waals surface area contributed by atoms with Gasteiger partial charge in [0, 0.05) is 53.2 Å². The Morgan fingerprint density at radius 3 is 2.45 bits per heavy atom. The van der Waals surface area contributed by atoms with Crippen LogP contribution in [0.15, 0.2) is 36.4 Å². The van der Waals surface area contributed by atoms with Crippen molar-refractivity contribution < 1.29 is 9.59 Å². The number of hydrogen-bond donors (Lipinski definition) is 3. The summed E-state index contributed by atoms with van der Waals surface area (Å²) < 4.78 is 0. The minimum atomic E-state index is -0.0127. The molecule has 0 bridgehead atoms. The van der Waals surface area contributed by atoms with Gasteiger partial charge in [0.15, 0.2) is 5.78 Å². The fraction of sp³-hybridized carbons (Fsp3) is 0.217. The number of amides is 1. The first kappa shape index (κ1) is 16.4. The molecule has 2 aromatic carbocycles. The number of ketones is 1. The van der Waals surface area contributed by atoms with Crippen molar-refractivity contribution in [3.8, 4) is 0 Å². The molecule has 0 saturated carbocycles. The van der Waals surface area contributed by atoms with Crippen molar-refractivity contribution in [3.05, 3.63) is 58.9 Å². The Kier molecular flexibility index (Phi) is 3.25. The molecule has 4 heterocycles. The van der Waals surface area contributed by atoms with E-state index in [9.17, 15) is 9.59 Å². The molecule has 0 atom stereocenters. The molecule has 6 rings (SSSR count). The smallest absolute Gasteiger partial charge is 0.274 e. The fourth-order valence-electron chi connectivity index (χ4n) is 4.79. The van der Waals surface area contributed by atoms with E-state index in [1.54, 1.807) is 6.92 Å². The van der Waals surface area contributed by atoms with Gasteiger partial charge in [-0.2, -0.15) is 0 Å². The standard InChI is InChI=1S/C23H20N4O2/c1-12(28)20-10-16-14-7-9-27(22(14)5-4-19(16)25-20)23(29)21-11-15-13-6-8-24-17(13)2-3-18(15)26-21/h2-5,10-11,24-26H,6-9H2,1H3. The third kappa shape index (κ3) is 2.29. The van der Waals surface area contributed by atoms with Crippen LogP contribution in [0, 0.1) is 0 Å². The Balaban J connectivity index is 1.41. The Hall–Kier alpha value is -3.54. The van der Waals surface area contributed by atoms with Crippen LogP contribution >= 0.6 is 0 Å². The van der Waals surface area contributed by atoms with Crippen LogP contribution in [-0.2, 0) is 12.8 Å². The Bertz CT molecular complexity index is 1340. The highest BCUT2D eigenvalue weighted by Crippen LogP contribution is 2.36. The van der Waals surface area contributed by atoms with Gasteiger partial charge in [0.05, 0.1) is 5.69 Å². The maximum Gasteiger partial charge on any atom is 0.274 e. The predicted octanol–water partition coefficient (Wildman–Crippen LogP) is 4.02. The van der Waals surface area contributed by atoms with Gasteiger partial charge in [-0.05, 0) is 60.4 Å². The number of H-pyrrole nitrogens is 2. The van der Waals surface area contributed by atoms with E-state index in [0.717, 1.165) is 58.1 Å². The van der Waals surface area contributed by atoms with E-state index < -0.39 is 0 Å². The fourth-order valence-corrected chi connectivity index (χ4v) is 4.79. The molecule has 0 saturated heterocycles. The Morgan fingerprint density at radius 2 is 1.62 bits per heavy atom. The normalized spacial score (nSPS) is 15.0. The predicted molar refractivity (Wildman–Crippen MR) is 114 cm³/mol. The summed E-state index contributed by atoms with van der Waals surface area (Å²) >= 11 is 0. The number of aromatic amines is 2. The molecule has 6 nitrogen and oxygen atoms in total. The number of anilines is 2. The molecule has 6 heteroatoms. The summed E-state index contributed by atoms with van der Waals surface area (Å²) in [7, 11) is 0. The number of Topliss-reactive ketones (excluding diaryl/α,β-unsaturated/α-hetero) is 1. The van der Waals surface area contributed by atoms with Crippen LogP contribution < -0.4 is 10.2 Å². The first-order chi connectivity index (χ1) is 14.1. The second-order valence-corrected chi connectivity index (χ2v) is 7.88. The number of rotatable bonds is 2. The minimum absolute atomic E-state index is 0.0127. The van der Waals surface area contributed by atoms with Crippen LogP contribution in [0.4, 0.5) is 11.4 Å². The van der Waals surface area contributed by atoms with Gasteiger partial charge in [-0.3, -0.25) is 9.59 Å². The van der Waals surface area contributed by atoms with Crippen LogP contribution in [0.3, 0.4) is 0 Å². The van der Waals surface area contributed by atoms with E-state index in [2.05, 4.69) is 21.4 Å². The third-order valence-corrected chi connectivity index (χ3v) is 6.23. The highest BCUT2D eigenvalue weighted by molar-refractivity contribution is 6.11. The highest BCUT2D eigenvalue weighted by atomic mass is 16.2. The molecule has 29 heavy (non-hydrogen) atoms. The van der Waals surface area contributed by atoms with Crippen molar-refractivity contribution in [1.82, 2.24) is 9.97 Å². The average Bonchev–Trinajstić information content (AvgIpc) is 3.49. The maximum absolute atomic E-state index is 13.3. The monoisotopic (exact) mass is 384 g/mol. The number of aromatic nitrogens is 2. The van der Waals surface area contributed by atoms with E-state index in [1.807, 2.05) is 35.2 Å². The molecule has 3 N–H and O–H groups in total. The second kappa shape index (κ2) is 5.73. The van der Waals surface area contributed by atoms with E-state index >= 15 is 0 Å². The summed E-state index contributed by atoms with van der Waals surface area (Å²) in [6, 6.07) is 11.9. The van der Waals surface area contributed by atoms with E-state index in [0.29, 0.717) is 17.9 Å². The van der Waals surface area contributed by atoms with Crippen LogP contribution in [0.1, 0.15) is 39.0 Å². The van der Waals surface area contributed by atoms with E-state index in [4.69, 9.17) is 0 Å². The highest BCUT2D eigenvalue weighted by Gasteiger charge is 2.29. The average molecular weight is 384 g/mol. The molecular weight excluding hydrogens is 364 g/mol. The van der Waals surface area contributed by atoms with Crippen molar-refractivity contribution in [2.45, 2.75) is 19.8 Å². The third-order valence-electron chi connectivity index (χ3n) is 6.23. The lowest BCUT2D eigenvalue weighted by Gasteiger charge is -2.16. The molecule has 0 unspecified atom stereocenters. The zero-order valence-corrected chi connectivity index (χ0v) is 16.1. The zero-order chi connectivity index (χ0) is 19.7. The minimum Gasteiger partial charge on any atom is -0.384 e. The Morgan fingerprint density at radius 1 is 0.897 bits per heavy atom. The lowest BCUT2D eigenvalue weighted by atomic mass is 10.1. The van der Waals surface area contributed by atoms with Crippen molar-refractivity contribution >= 4 is 44.9 Å². The van der Waals surface area contributed by atoms with Crippen molar-refractivity contribution in [3.63, 3.8) is 0 Å². The van der Waals surface area contributed by atoms with Gasteiger partial charge in [-0.25, -0.2) is 0 Å². The van der Waals surface area contributed by atoms with Crippen LogP contribution in [-0.4, -0.2) is 34.7 Å². The van der Waals surface area contributed by atoms with Crippen molar-refractivity contribution in [1.29, 1.82) is 0 Å². The SMILES string of the molecule is CC(=O)c1cc2c3c(ccc2[nH]1)N(C(=O)c1cc2c4c(ccc2[nH]1)NCC4)CC3. The van der Waals surface area contributed by atoms with Crippen LogP contribution in [0.5, 0.6) is 0 Å². The number of carbonyl (C=O) groups excluding carboxylic acids is 2. The molecular formula is C23H20N4O2. The summed E-state index contributed by atoms with van der Waals surface area (Å²) in [4.78, 5) is 33.4. The van der Waals surface area contributed by atoms with Gasteiger partial charge in [0.1, 0.15) is 5.69 Å². The first-order valence-corrected chi connectivity index (χ1v) is 9.96. The second-order valence-electron chi connectivity index (χ2n) is 7.88. The molecule has 2 aliphatic heterocycles. The number of nitrogens with zero attached hydrogens (tertiary/aromatic N) is 1. The molecule has 2 aromatic heterocycles. The summed E-state index contributed by atoms with van der Waals surface area (Å²) in [5.41, 5.74) is 7.67. The lowest BCUT2D eigenvalue weighted by molar-refractivity contribution is 0.0983. The molecule has 1 amide bonds.